The van der Waals surface area contributed by atoms with Crippen LogP contribution in [0, 0.1) is 10.8 Å². The van der Waals surface area contributed by atoms with Gasteiger partial charge in [-0.05, 0) is 44.0 Å². The van der Waals surface area contributed by atoms with Crippen molar-refractivity contribution in [2.45, 2.75) is 39.2 Å². The van der Waals surface area contributed by atoms with Crippen LogP contribution in [-0.4, -0.2) is 55.7 Å². The van der Waals surface area contributed by atoms with Crippen LogP contribution in [0.1, 0.15) is 33.6 Å². The highest BCUT2D eigenvalue weighted by Crippen LogP contribution is 2.65. The van der Waals surface area contributed by atoms with Crippen LogP contribution in [-0.2, 0) is 14.3 Å². The molecule has 6 nitrogen and oxygen atoms in total. The Balaban J connectivity index is 1.47. The van der Waals surface area contributed by atoms with Gasteiger partial charge in [0.25, 0.3) is 5.91 Å². The van der Waals surface area contributed by atoms with Crippen molar-refractivity contribution in [1.29, 1.82) is 0 Å². The third-order valence-corrected chi connectivity index (χ3v) is 7.43. The summed E-state index contributed by atoms with van der Waals surface area (Å²) in [6.45, 7) is 8.76. The predicted molar refractivity (Wildman–Crippen MR) is 102 cm³/mol. The first kappa shape index (κ1) is 18.1. The number of carbonyl (C=O) groups is 2. The molecule has 1 aromatic carbocycles. The van der Waals surface area contributed by atoms with E-state index in [-0.39, 0.29) is 11.9 Å². The summed E-state index contributed by atoms with van der Waals surface area (Å²) < 4.78 is 11.0. The van der Waals surface area contributed by atoms with Crippen LogP contribution in [0.5, 0.6) is 5.75 Å². The number of hydrogen-bond donors (Lipinski definition) is 0. The van der Waals surface area contributed by atoms with Crippen LogP contribution in [0.2, 0.25) is 0 Å². The molecule has 2 atom stereocenters. The highest BCUT2D eigenvalue weighted by atomic mass is 16.6. The summed E-state index contributed by atoms with van der Waals surface area (Å²) in [5, 5.41) is 0. The molecule has 146 valence electrons. The van der Waals surface area contributed by atoms with Crippen molar-refractivity contribution < 1.29 is 19.1 Å². The summed E-state index contributed by atoms with van der Waals surface area (Å²) in [5.74, 6) is 0.599. The van der Waals surface area contributed by atoms with Gasteiger partial charge in [0.1, 0.15) is 5.75 Å². The van der Waals surface area contributed by atoms with Crippen LogP contribution in [0.15, 0.2) is 24.3 Å². The highest BCUT2D eigenvalue weighted by molar-refractivity contribution is 5.96. The van der Waals surface area contributed by atoms with Gasteiger partial charge in [-0.15, -0.1) is 0 Å². The monoisotopic (exact) mass is 372 g/mol. The predicted octanol–water partition coefficient (Wildman–Crippen LogP) is 2.47. The second kappa shape index (κ2) is 5.88. The van der Waals surface area contributed by atoms with Crippen molar-refractivity contribution in [2.24, 2.45) is 10.8 Å². The number of hydrogen-bond acceptors (Lipinski definition) is 5. The first-order valence-electron chi connectivity index (χ1n) is 9.67. The van der Waals surface area contributed by atoms with Gasteiger partial charge in [0.2, 0.25) is 0 Å². The topological polar surface area (TPSA) is 59.1 Å². The molecule has 2 aliphatic heterocycles. The van der Waals surface area contributed by atoms with E-state index in [1.807, 2.05) is 49.9 Å². The molecule has 0 N–H and O–H groups in total. The standard InChI is InChI=1S/C21H28N2O4/c1-19(2)20(3)9-10-21(19,27-18(20)25)17(24)23-13-11-22(12-14-23)15-5-7-16(26-4)8-6-15/h5-8H,9-14H2,1-4H3/t20-,21-/m1/s1. The summed E-state index contributed by atoms with van der Waals surface area (Å²) in [5.41, 5.74) is -0.919. The van der Waals surface area contributed by atoms with E-state index in [4.69, 9.17) is 9.47 Å². The van der Waals surface area contributed by atoms with Crippen LogP contribution in [0.25, 0.3) is 0 Å². The molecule has 1 aromatic rings. The number of carbonyl (C=O) groups excluding carboxylic acids is 2. The summed E-state index contributed by atoms with van der Waals surface area (Å²) >= 11 is 0. The number of nitrogens with zero attached hydrogens (tertiary/aromatic N) is 2. The molecule has 3 aliphatic rings. The number of benzene rings is 1. The molecule has 0 aromatic heterocycles. The molecule has 6 heteroatoms. The first-order chi connectivity index (χ1) is 12.7. The van der Waals surface area contributed by atoms with E-state index in [1.165, 1.54) is 0 Å². The number of piperazine rings is 1. The van der Waals surface area contributed by atoms with Crippen molar-refractivity contribution in [3.05, 3.63) is 24.3 Å². The molecular formula is C21H28N2O4. The van der Waals surface area contributed by atoms with Crippen LogP contribution < -0.4 is 9.64 Å². The Bertz CT molecular complexity index is 767. The van der Waals surface area contributed by atoms with E-state index in [9.17, 15) is 9.59 Å². The Hall–Kier alpha value is -2.24. The minimum absolute atomic E-state index is 0.0172. The molecule has 1 aliphatic carbocycles. The lowest BCUT2D eigenvalue weighted by molar-refractivity contribution is -0.174. The van der Waals surface area contributed by atoms with Gasteiger partial charge in [-0.3, -0.25) is 9.59 Å². The zero-order valence-corrected chi connectivity index (χ0v) is 16.6. The third-order valence-electron chi connectivity index (χ3n) is 7.43. The van der Waals surface area contributed by atoms with Gasteiger partial charge in [-0.25, -0.2) is 0 Å². The smallest absolute Gasteiger partial charge is 0.313 e. The van der Waals surface area contributed by atoms with E-state index < -0.39 is 16.4 Å². The van der Waals surface area contributed by atoms with Gasteiger partial charge in [0.05, 0.1) is 12.5 Å². The van der Waals surface area contributed by atoms with Gasteiger partial charge in [0, 0.05) is 37.3 Å². The van der Waals surface area contributed by atoms with Gasteiger partial charge < -0.3 is 19.3 Å². The lowest BCUT2D eigenvalue weighted by Crippen LogP contribution is -2.59. The largest absolute Gasteiger partial charge is 0.497 e. The van der Waals surface area contributed by atoms with E-state index in [2.05, 4.69) is 4.90 Å². The molecule has 3 fully saturated rings. The number of amides is 1. The second-order valence-electron chi connectivity index (χ2n) is 8.65. The molecule has 2 saturated heterocycles. The summed E-state index contributed by atoms with van der Waals surface area (Å²) in [6.07, 6.45) is 1.34. The number of anilines is 1. The molecule has 1 saturated carbocycles. The van der Waals surface area contributed by atoms with Gasteiger partial charge >= 0.3 is 5.97 Å². The Morgan fingerprint density at radius 2 is 1.67 bits per heavy atom. The molecule has 1 amide bonds. The second-order valence-corrected chi connectivity index (χ2v) is 8.65. The van der Waals surface area contributed by atoms with Crippen molar-refractivity contribution in [2.75, 3.05) is 38.2 Å². The summed E-state index contributed by atoms with van der Waals surface area (Å²) in [7, 11) is 1.66. The molecule has 0 radical (unpaired) electrons. The number of methoxy groups -OCH3 is 1. The maximum absolute atomic E-state index is 13.4. The highest BCUT2D eigenvalue weighted by Gasteiger charge is 2.76. The lowest BCUT2D eigenvalue weighted by Gasteiger charge is -2.42. The molecule has 0 unspecified atom stereocenters. The lowest BCUT2D eigenvalue weighted by atomic mass is 9.66. The summed E-state index contributed by atoms with van der Waals surface area (Å²) in [6, 6.07) is 7.98. The Kier molecular flexibility index (Phi) is 3.95. The van der Waals surface area contributed by atoms with E-state index in [1.54, 1.807) is 7.11 Å². The van der Waals surface area contributed by atoms with Crippen molar-refractivity contribution in [1.82, 2.24) is 4.90 Å². The van der Waals surface area contributed by atoms with Crippen LogP contribution in [0.3, 0.4) is 0 Å². The molecule has 0 spiro atoms. The molecule has 2 heterocycles. The van der Waals surface area contributed by atoms with Crippen LogP contribution in [0.4, 0.5) is 5.69 Å². The Morgan fingerprint density at radius 1 is 1.04 bits per heavy atom. The molecule has 27 heavy (non-hydrogen) atoms. The number of fused-ring (bicyclic) bond motifs is 2. The van der Waals surface area contributed by atoms with E-state index in [0.717, 1.165) is 30.9 Å². The maximum Gasteiger partial charge on any atom is 0.313 e. The first-order valence-corrected chi connectivity index (χ1v) is 9.67. The Labute approximate surface area is 160 Å². The zero-order chi connectivity index (χ0) is 19.4. The maximum atomic E-state index is 13.4. The van der Waals surface area contributed by atoms with E-state index >= 15 is 0 Å². The molecule has 4 rings (SSSR count). The van der Waals surface area contributed by atoms with Crippen molar-refractivity contribution >= 4 is 17.6 Å². The van der Waals surface area contributed by atoms with Gasteiger partial charge in [-0.2, -0.15) is 0 Å². The fourth-order valence-corrected chi connectivity index (χ4v) is 4.94. The van der Waals surface area contributed by atoms with Crippen molar-refractivity contribution in [3.8, 4) is 5.75 Å². The van der Waals surface area contributed by atoms with Gasteiger partial charge in [-0.1, -0.05) is 13.8 Å². The van der Waals surface area contributed by atoms with E-state index in [0.29, 0.717) is 19.5 Å². The number of rotatable bonds is 3. The summed E-state index contributed by atoms with van der Waals surface area (Å²) in [4.78, 5) is 30.0. The molecule has 2 bridgehead atoms. The molecular weight excluding hydrogens is 344 g/mol. The zero-order valence-electron chi connectivity index (χ0n) is 16.6. The fourth-order valence-electron chi connectivity index (χ4n) is 4.94. The van der Waals surface area contributed by atoms with Crippen molar-refractivity contribution in [3.63, 3.8) is 0 Å². The average molecular weight is 372 g/mol. The minimum atomic E-state index is -0.999. The normalized spacial score (nSPS) is 31.8. The minimum Gasteiger partial charge on any atom is -0.497 e. The quantitative estimate of drug-likeness (QED) is 0.763. The fraction of sp³-hybridized carbons (Fsp3) is 0.619. The third kappa shape index (κ3) is 2.31. The Morgan fingerprint density at radius 3 is 2.15 bits per heavy atom. The average Bonchev–Trinajstić information content (AvgIpc) is 2.98. The van der Waals surface area contributed by atoms with Gasteiger partial charge in [0.15, 0.2) is 5.60 Å². The SMILES string of the molecule is COc1ccc(N2CCN(C(=O)[C@@]34CC[C@](C)(C(=O)O3)C4(C)C)CC2)cc1. The van der Waals surface area contributed by atoms with Crippen LogP contribution >= 0.6 is 0 Å². The number of esters is 1. The number of ether oxygens (including phenoxy) is 2.